The van der Waals surface area contributed by atoms with Crippen molar-refractivity contribution < 1.29 is 10.0 Å². The molecule has 0 bridgehead atoms. The van der Waals surface area contributed by atoms with Crippen LogP contribution < -0.4 is 0 Å². The van der Waals surface area contributed by atoms with E-state index in [1.165, 1.54) is 4.90 Å². The first kappa shape index (κ1) is 14.9. The van der Waals surface area contributed by atoms with Crippen molar-refractivity contribution in [2.24, 2.45) is 5.16 Å². The van der Waals surface area contributed by atoms with Gasteiger partial charge in [0.2, 0.25) is 5.78 Å². The van der Waals surface area contributed by atoms with E-state index in [-0.39, 0.29) is 11.5 Å². The maximum atomic E-state index is 11.9. The Kier molecular flexibility index (Phi) is 4.03. The molecule has 112 valence electrons. The van der Waals surface area contributed by atoms with Gasteiger partial charge in [-0.15, -0.1) is 11.8 Å². The quantitative estimate of drug-likeness (QED) is 0.518. The second kappa shape index (κ2) is 5.97. The molecular formula is C18H17NO2S. The van der Waals surface area contributed by atoms with E-state index >= 15 is 0 Å². The maximum absolute atomic E-state index is 11.9. The van der Waals surface area contributed by atoms with Crippen molar-refractivity contribution in [3.05, 3.63) is 53.6 Å². The summed E-state index contributed by atoms with van der Waals surface area (Å²) in [5.41, 5.74) is 3.99. The monoisotopic (exact) mass is 311 g/mol. The van der Waals surface area contributed by atoms with Gasteiger partial charge < -0.3 is 5.21 Å². The number of carbonyl (C=O) groups excluding carboxylic acids is 1. The molecule has 3 rings (SSSR count). The van der Waals surface area contributed by atoms with Crippen LogP contribution in [0.2, 0.25) is 0 Å². The minimum absolute atomic E-state index is 0.173. The number of Topliss-reactive ketones (excluding diaryl/α,β-unsaturated/α-hetero) is 1. The Bertz CT molecular complexity index is 748. The molecule has 2 aromatic carbocycles. The van der Waals surface area contributed by atoms with Gasteiger partial charge in [-0.1, -0.05) is 49.3 Å². The van der Waals surface area contributed by atoms with Gasteiger partial charge in [-0.3, -0.25) is 4.79 Å². The van der Waals surface area contributed by atoms with Crippen LogP contribution in [0.3, 0.4) is 0 Å². The molecule has 0 saturated heterocycles. The summed E-state index contributed by atoms with van der Waals surface area (Å²) < 4.78 is 0. The first-order valence-corrected chi connectivity index (χ1v) is 8.12. The summed E-state index contributed by atoms with van der Waals surface area (Å²) in [6, 6.07) is 14.2. The van der Waals surface area contributed by atoms with Crippen LogP contribution in [0.4, 0.5) is 0 Å². The Labute approximate surface area is 134 Å². The molecular weight excluding hydrogens is 294 g/mol. The number of ketones is 1. The Morgan fingerprint density at radius 2 is 1.77 bits per heavy atom. The van der Waals surface area contributed by atoms with E-state index in [4.69, 9.17) is 5.21 Å². The van der Waals surface area contributed by atoms with Gasteiger partial charge in [0.1, 0.15) is 5.71 Å². The van der Waals surface area contributed by atoms with Crippen LogP contribution in [0.15, 0.2) is 52.5 Å². The van der Waals surface area contributed by atoms with E-state index in [1.807, 2.05) is 30.0 Å². The lowest BCUT2D eigenvalue weighted by Gasteiger charge is -2.07. The van der Waals surface area contributed by atoms with Crippen molar-refractivity contribution in [3.8, 4) is 11.1 Å². The van der Waals surface area contributed by atoms with Gasteiger partial charge in [-0.2, -0.15) is 0 Å². The van der Waals surface area contributed by atoms with Gasteiger partial charge >= 0.3 is 0 Å². The number of nitrogens with zero attached hydrogens (tertiary/aromatic N) is 1. The van der Waals surface area contributed by atoms with Crippen LogP contribution in [0.5, 0.6) is 0 Å². The number of fused-ring (bicyclic) bond motifs is 1. The van der Waals surface area contributed by atoms with Gasteiger partial charge in [0.15, 0.2) is 0 Å². The van der Waals surface area contributed by atoms with Crippen LogP contribution in [-0.2, 0) is 6.42 Å². The molecule has 0 aromatic heterocycles. The summed E-state index contributed by atoms with van der Waals surface area (Å²) in [5.74, 6) is -0.173. The highest BCUT2D eigenvalue weighted by atomic mass is 32.2. The number of thioether (sulfide) groups is 1. The Morgan fingerprint density at radius 1 is 1.09 bits per heavy atom. The number of oxime groups is 1. The Hall–Kier alpha value is -2.07. The van der Waals surface area contributed by atoms with Crippen molar-refractivity contribution in [2.45, 2.75) is 30.4 Å². The largest absolute Gasteiger partial charge is 0.411 e. The maximum Gasteiger partial charge on any atom is 0.211 e. The first-order valence-electron chi connectivity index (χ1n) is 7.24. The molecule has 0 atom stereocenters. The standard InChI is InChI=1S/C18H17NO2S/c1-11(2)22-15-6-3-12(4-7-15)13-5-8-16-14(9-13)10-17(19-21)18(16)20/h3-9,11,21H,10H2,1-2H3. The molecule has 0 saturated carbocycles. The minimum Gasteiger partial charge on any atom is -0.411 e. The fraction of sp³-hybridized carbons (Fsp3) is 0.222. The molecule has 0 fully saturated rings. The molecule has 3 nitrogen and oxygen atoms in total. The normalized spacial score (nSPS) is 15.6. The van der Waals surface area contributed by atoms with Crippen LogP contribution in [-0.4, -0.2) is 22.0 Å². The average molecular weight is 311 g/mol. The first-order chi connectivity index (χ1) is 10.6. The van der Waals surface area contributed by atoms with Crippen LogP contribution in [0.25, 0.3) is 11.1 Å². The third-order valence-electron chi connectivity index (χ3n) is 3.65. The molecule has 1 N–H and O–H groups in total. The highest BCUT2D eigenvalue weighted by Gasteiger charge is 2.27. The second-order valence-corrected chi connectivity index (χ2v) is 7.27. The lowest BCUT2D eigenvalue weighted by molar-refractivity contribution is 0.106. The van der Waals surface area contributed by atoms with Gasteiger partial charge in [-0.25, -0.2) is 0 Å². The van der Waals surface area contributed by atoms with E-state index in [1.54, 1.807) is 0 Å². The molecule has 2 aromatic rings. The van der Waals surface area contributed by atoms with Gasteiger partial charge in [0.25, 0.3) is 0 Å². The summed E-state index contributed by atoms with van der Waals surface area (Å²) in [6.45, 7) is 4.35. The highest BCUT2D eigenvalue weighted by Crippen LogP contribution is 2.29. The molecule has 0 unspecified atom stereocenters. The molecule has 0 aliphatic heterocycles. The molecule has 0 amide bonds. The fourth-order valence-corrected chi connectivity index (χ4v) is 3.47. The van der Waals surface area contributed by atoms with Gasteiger partial charge in [-0.05, 0) is 28.8 Å². The van der Waals surface area contributed by atoms with E-state index in [2.05, 4.69) is 43.3 Å². The molecule has 4 heteroatoms. The number of carbonyl (C=O) groups is 1. The van der Waals surface area contributed by atoms with Gasteiger partial charge in [0, 0.05) is 22.1 Å². The van der Waals surface area contributed by atoms with E-state index in [0.717, 1.165) is 16.7 Å². The van der Waals surface area contributed by atoms with Crippen LogP contribution in [0, 0.1) is 0 Å². The summed E-state index contributed by atoms with van der Waals surface area (Å²) in [6.07, 6.45) is 0.403. The molecule has 1 aliphatic carbocycles. The third-order valence-corrected chi connectivity index (χ3v) is 4.67. The lowest BCUT2D eigenvalue weighted by Crippen LogP contribution is -2.06. The summed E-state index contributed by atoms with van der Waals surface area (Å²) in [7, 11) is 0. The summed E-state index contributed by atoms with van der Waals surface area (Å²) in [4.78, 5) is 13.2. The van der Waals surface area contributed by atoms with Crippen molar-refractivity contribution in [2.75, 3.05) is 0 Å². The van der Waals surface area contributed by atoms with Crippen molar-refractivity contribution in [3.63, 3.8) is 0 Å². The van der Waals surface area contributed by atoms with Crippen LogP contribution in [0.1, 0.15) is 29.8 Å². The Balaban J connectivity index is 1.90. The number of rotatable bonds is 3. The lowest BCUT2D eigenvalue weighted by atomic mass is 10.0. The smallest absolute Gasteiger partial charge is 0.211 e. The summed E-state index contributed by atoms with van der Waals surface area (Å²) >= 11 is 1.84. The molecule has 0 spiro atoms. The predicted molar refractivity (Wildman–Crippen MR) is 90.1 cm³/mol. The van der Waals surface area contributed by atoms with Crippen molar-refractivity contribution >= 4 is 23.3 Å². The van der Waals surface area contributed by atoms with Crippen molar-refractivity contribution in [1.29, 1.82) is 0 Å². The third kappa shape index (κ3) is 2.79. The molecule has 0 radical (unpaired) electrons. The second-order valence-electron chi connectivity index (χ2n) is 5.62. The zero-order valence-electron chi connectivity index (χ0n) is 12.5. The van der Waals surface area contributed by atoms with E-state index in [9.17, 15) is 4.79 Å². The Morgan fingerprint density at radius 3 is 2.41 bits per heavy atom. The fourth-order valence-electron chi connectivity index (χ4n) is 2.64. The molecule has 1 aliphatic rings. The average Bonchev–Trinajstić information content (AvgIpc) is 2.83. The molecule has 0 heterocycles. The van der Waals surface area contributed by atoms with E-state index < -0.39 is 0 Å². The zero-order valence-corrected chi connectivity index (χ0v) is 13.4. The van der Waals surface area contributed by atoms with E-state index in [0.29, 0.717) is 17.2 Å². The summed E-state index contributed by atoms with van der Waals surface area (Å²) in [5, 5.41) is 12.5. The predicted octanol–water partition coefficient (Wildman–Crippen LogP) is 4.42. The number of benzene rings is 2. The van der Waals surface area contributed by atoms with Crippen molar-refractivity contribution in [1.82, 2.24) is 0 Å². The minimum atomic E-state index is -0.173. The number of hydrogen-bond donors (Lipinski definition) is 1. The topological polar surface area (TPSA) is 49.7 Å². The van der Waals surface area contributed by atoms with Crippen LogP contribution >= 0.6 is 11.8 Å². The number of hydrogen-bond acceptors (Lipinski definition) is 4. The SMILES string of the molecule is CC(C)Sc1ccc(-c2ccc3c(c2)CC(=NO)C3=O)cc1. The van der Waals surface area contributed by atoms with Gasteiger partial charge in [0.05, 0.1) is 0 Å². The zero-order chi connectivity index (χ0) is 15.7. The molecule has 22 heavy (non-hydrogen) atoms. The highest BCUT2D eigenvalue weighted by molar-refractivity contribution is 7.99.